The number of nitrogens with two attached hydrogens (primary N) is 1. The van der Waals surface area contributed by atoms with Gasteiger partial charge in [-0.05, 0) is 12.8 Å². The first kappa shape index (κ1) is 11.9. The van der Waals surface area contributed by atoms with Crippen molar-refractivity contribution in [3.63, 3.8) is 0 Å². The van der Waals surface area contributed by atoms with Crippen molar-refractivity contribution in [2.75, 3.05) is 6.61 Å². The van der Waals surface area contributed by atoms with Crippen molar-refractivity contribution >= 4 is 12.1 Å². The lowest BCUT2D eigenvalue weighted by Gasteiger charge is -2.12. The minimum atomic E-state index is -0.997. The van der Waals surface area contributed by atoms with Crippen molar-refractivity contribution in [2.45, 2.75) is 26.8 Å². The number of hydrogen-bond acceptors (Lipinski definition) is 5. The number of carbonyl (C=O) groups is 2. The monoisotopic (exact) mass is 189 g/mol. The Hall–Kier alpha value is -1.10. The van der Waals surface area contributed by atoms with Gasteiger partial charge in [0.1, 0.15) is 6.04 Å². The van der Waals surface area contributed by atoms with E-state index >= 15 is 0 Å². The smallest absolute Gasteiger partial charge is 0.434 e. The van der Waals surface area contributed by atoms with Crippen LogP contribution in [-0.2, 0) is 14.3 Å². The van der Waals surface area contributed by atoms with Gasteiger partial charge in [-0.3, -0.25) is 0 Å². The zero-order valence-electron chi connectivity index (χ0n) is 8.07. The molecule has 0 aromatic carbocycles. The third-order valence-electron chi connectivity index (χ3n) is 1.44. The Kier molecular flexibility index (Phi) is 5.06. The van der Waals surface area contributed by atoms with E-state index in [9.17, 15) is 9.59 Å². The SMILES string of the molecule is CCOC(=O)OC(=O)[C@@H](N)C(C)C. The first-order chi connectivity index (χ1) is 5.99. The zero-order valence-corrected chi connectivity index (χ0v) is 8.07. The molecule has 0 heterocycles. The molecule has 5 heteroatoms. The Morgan fingerprint density at radius 1 is 1.38 bits per heavy atom. The highest BCUT2D eigenvalue weighted by Crippen LogP contribution is 2.01. The molecule has 0 unspecified atom stereocenters. The van der Waals surface area contributed by atoms with Crippen LogP contribution < -0.4 is 5.73 Å². The second-order valence-corrected chi connectivity index (χ2v) is 2.87. The van der Waals surface area contributed by atoms with Crippen LogP contribution in [0, 0.1) is 5.92 Å². The molecule has 76 valence electrons. The second kappa shape index (κ2) is 5.53. The number of hydrogen-bond donors (Lipinski definition) is 1. The van der Waals surface area contributed by atoms with Gasteiger partial charge in [-0.15, -0.1) is 0 Å². The summed E-state index contributed by atoms with van der Waals surface area (Å²) in [6, 6.07) is -0.788. The highest BCUT2D eigenvalue weighted by Gasteiger charge is 2.22. The van der Waals surface area contributed by atoms with Gasteiger partial charge < -0.3 is 15.2 Å². The predicted octanol–water partition coefficient (Wildman–Crippen LogP) is 0.669. The van der Waals surface area contributed by atoms with Gasteiger partial charge in [-0.2, -0.15) is 0 Å². The maximum absolute atomic E-state index is 11.0. The highest BCUT2D eigenvalue weighted by molar-refractivity contribution is 5.85. The van der Waals surface area contributed by atoms with Gasteiger partial charge >= 0.3 is 12.1 Å². The van der Waals surface area contributed by atoms with Crippen molar-refractivity contribution in [1.82, 2.24) is 0 Å². The van der Waals surface area contributed by atoms with E-state index in [4.69, 9.17) is 5.73 Å². The van der Waals surface area contributed by atoms with Crippen LogP contribution in [0.25, 0.3) is 0 Å². The summed E-state index contributed by atoms with van der Waals surface area (Å²) in [5.74, 6) is -0.824. The molecule has 0 saturated carbocycles. The van der Waals surface area contributed by atoms with Gasteiger partial charge in [-0.25, -0.2) is 9.59 Å². The maximum atomic E-state index is 11.0. The average Bonchev–Trinajstić information content (AvgIpc) is 2.03. The zero-order chi connectivity index (χ0) is 10.4. The Morgan fingerprint density at radius 3 is 2.31 bits per heavy atom. The summed E-state index contributed by atoms with van der Waals surface area (Å²) in [5.41, 5.74) is 5.42. The number of rotatable bonds is 3. The van der Waals surface area contributed by atoms with E-state index in [1.54, 1.807) is 20.8 Å². The molecule has 0 saturated heterocycles. The summed E-state index contributed by atoms with van der Waals surface area (Å²) >= 11 is 0. The van der Waals surface area contributed by atoms with E-state index in [2.05, 4.69) is 9.47 Å². The Labute approximate surface area is 77.2 Å². The van der Waals surface area contributed by atoms with Crippen LogP contribution >= 0.6 is 0 Å². The van der Waals surface area contributed by atoms with Crippen molar-refractivity contribution in [2.24, 2.45) is 11.7 Å². The molecule has 0 spiro atoms. The van der Waals surface area contributed by atoms with Crippen LogP contribution in [0.1, 0.15) is 20.8 Å². The van der Waals surface area contributed by atoms with Gasteiger partial charge in [0.2, 0.25) is 0 Å². The molecule has 2 N–H and O–H groups in total. The molecule has 0 aliphatic rings. The van der Waals surface area contributed by atoms with Crippen LogP contribution in [0.4, 0.5) is 4.79 Å². The normalized spacial score (nSPS) is 12.4. The Bertz CT molecular complexity index is 191. The third kappa shape index (κ3) is 4.47. The van der Waals surface area contributed by atoms with E-state index in [0.717, 1.165) is 0 Å². The fourth-order valence-electron chi connectivity index (χ4n) is 0.570. The molecule has 0 radical (unpaired) electrons. The second-order valence-electron chi connectivity index (χ2n) is 2.87. The van der Waals surface area contributed by atoms with E-state index < -0.39 is 18.2 Å². The van der Waals surface area contributed by atoms with E-state index in [0.29, 0.717) is 0 Å². The molecule has 0 aliphatic carbocycles. The van der Waals surface area contributed by atoms with E-state index in [1.165, 1.54) is 0 Å². The maximum Gasteiger partial charge on any atom is 0.516 e. The predicted molar refractivity (Wildman–Crippen MR) is 45.9 cm³/mol. The summed E-state index contributed by atoms with van der Waals surface area (Å²) in [6.45, 7) is 5.31. The average molecular weight is 189 g/mol. The van der Waals surface area contributed by atoms with Gasteiger partial charge in [0.15, 0.2) is 0 Å². The molecule has 0 fully saturated rings. The van der Waals surface area contributed by atoms with Crippen molar-refractivity contribution in [3.05, 3.63) is 0 Å². The molecule has 0 amide bonds. The third-order valence-corrected chi connectivity index (χ3v) is 1.44. The number of carbonyl (C=O) groups excluding carboxylic acids is 2. The first-order valence-electron chi connectivity index (χ1n) is 4.13. The fourth-order valence-corrected chi connectivity index (χ4v) is 0.570. The van der Waals surface area contributed by atoms with Crippen LogP contribution in [0.15, 0.2) is 0 Å². The largest absolute Gasteiger partial charge is 0.516 e. The van der Waals surface area contributed by atoms with Crippen molar-refractivity contribution < 1.29 is 19.1 Å². The minimum absolute atomic E-state index is 0.0677. The van der Waals surface area contributed by atoms with E-state index in [1.807, 2.05) is 0 Å². The fraction of sp³-hybridized carbons (Fsp3) is 0.750. The number of ether oxygens (including phenoxy) is 2. The topological polar surface area (TPSA) is 78.6 Å². The van der Waals surface area contributed by atoms with Crippen molar-refractivity contribution in [1.29, 1.82) is 0 Å². The standard InChI is InChI=1S/C8H15NO4/c1-4-12-8(11)13-7(10)6(9)5(2)3/h5-6H,4,9H2,1-3H3/t6-/m0/s1. The molecule has 1 atom stereocenters. The van der Waals surface area contributed by atoms with Gasteiger partial charge in [-0.1, -0.05) is 13.8 Å². The Balaban J connectivity index is 3.93. The molecule has 0 aromatic rings. The lowest BCUT2D eigenvalue weighted by atomic mass is 10.1. The Morgan fingerprint density at radius 2 is 1.92 bits per heavy atom. The molecular formula is C8H15NO4. The molecular weight excluding hydrogens is 174 g/mol. The van der Waals surface area contributed by atoms with Crippen LogP contribution in [0.3, 0.4) is 0 Å². The van der Waals surface area contributed by atoms with Crippen molar-refractivity contribution in [3.8, 4) is 0 Å². The number of esters is 1. The summed E-state index contributed by atoms with van der Waals surface area (Å²) in [4.78, 5) is 21.7. The van der Waals surface area contributed by atoms with Crippen LogP contribution in [0.2, 0.25) is 0 Å². The van der Waals surface area contributed by atoms with Crippen LogP contribution in [0.5, 0.6) is 0 Å². The van der Waals surface area contributed by atoms with E-state index in [-0.39, 0.29) is 12.5 Å². The quantitative estimate of drug-likeness (QED) is 0.521. The minimum Gasteiger partial charge on any atom is -0.434 e. The molecule has 0 aromatic heterocycles. The van der Waals surface area contributed by atoms with Gasteiger partial charge in [0.05, 0.1) is 6.61 Å². The van der Waals surface area contributed by atoms with Gasteiger partial charge in [0.25, 0.3) is 0 Å². The lowest BCUT2D eigenvalue weighted by molar-refractivity contribution is -0.142. The summed E-state index contributed by atoms with van der Waals surface area (Å²) < 4.78 is 8.69. The highest BCUT2D eigenvalue weighted by atomic mass is 16.7. The molecule has 0 rings (SSSR count). The molecule has 13 heavy (non-hydrogen) atoms. The lowest BCUT2D eigenvalue weighted by Crippen LogP contribution is -2.38. The first-order valence-corrected chi connectivity index (χ1v) is 4.13. The summed E-state index contributed by atoms with van der Waals surface area (Å²) in [5, 5.41) is 0. The summed E-state index contributed by atoms with van der Waals surface area (Å²) in [7, 11) is 0. The van der Waals surface area contributed by atoms with Gasteiger partial charge in [0, 0.05) is 0 Å². The molecule has 5 nitrogen and oxygen atoms in total. The summed E-state index contributed by atoms with van der Waals surface area (Å²) in [6.07, 6.45) is -0.997. The van der Waals surface area contributed by atoms with Crippen LogP contribution in [-0.4, -0.2) is 24.8 Å². The molecule has 0 bridgehead atoms. The molecule has 0 aliphatic heterocycles.